The van der Waals surface area contributed by atoms with E-state index in [1.54, 1.807) is 42.6 Å². The molecular formula is C27H31N8O6P. The second-order valence-corrected chi connectivity index (χ2v) is 11.7. The number of rotatable bonds is 11. The molecule has 0 spiro atoms. The van der Waals surface area contributed by atoms with E-state index in [0.717, 1.165) is 5.39 Å². The minimum atomic E-state index is -4.19. The van der Waals surface area contributed by atoms with Crippen LogP contribution in [-0.4, -0.2) is 51.5 Å². The molecule has 1 unspecified atom stereocenters. The molecule has 5 atom stereocenters. The third kappa shape index (κ3) is 5.89. The van der Waals surface area contributed by atoms with Crippen LogP contribution < -0.4 is 15.3 Å². The average molecular weight is 595 g/mol. The van der Waals surface area contributed by atoms with Crippen LogP contribution in [0.5, 0.6) is 5.75 Å². The molecular weight excluding hydrogens is 563 g/mol. The quantitative estimate of drug-likeness (QED) is 0.0776. The number of ether oxygens (including phenoxy) is 2. The summed E-state index contributed by atoms with van der Waals surface area (Å²) >= 11 is 0. The first-order valence-electron chi connectivity index (χ1n) is 13.3. The number of nitrogens with one attached hydrogen (secondary N) is 1. The van der Waals surface area contributed by atoms with Gasteiger partial charge in [-0.05, 0) is 49.4 Å². The Bertz CT molecular complexity index is 1700. The number of nitrogen functional groups attached to an aromatic ring is 1. The molecule has 1 saturated heterocycles. The summed E-state index contributed by atoms with van der Waals surface area (Å²) < 4.78 is 39.0. The van der Waals surface area contributed by atoms with E-state index in [9.17, 15) is 14.9 Å². The number of carbonyl (C=O) groups excluding carboxylic acids is 1. The molecule has 3 heterocycles. The van der Waals surface area contributed by atoms with Gasteiger partial charge in [0.2, 0.25) is 0 Å². The second-order valence-electron chi connectivity index (χ2n) is 10.1. The van der Waals surface area contributed by atoms with E-state index in [1.165, 1.54) is 13.3 Å². The standard InChI is InChI=1S/C27H31N8O6P/c1-4-38-26(36)17(2)32-42(37,41-23-11-7-9-18-8-5-6-10-20(18)23)39-15-19-14-27(3,33-34-29)24(40-19)21-12-13-22-25(28)30-16-31-35(21)22/h5-13,16-17,19,24H,4,14-15H2,1-3H3,(H,32,37)(H2,28,30,31)/t17-,19-,24-,27+,42?/m0/s1. The van der Waals surface area contributed by atoms with Crippen LogP contribution in [0.25, 0.3) is 26.7 Å². The third-order valence-electron chi connectivity index (χ3n) is 6.98. The van der Waals surface area contributed by atoms with Crippen molar-refractivity contribution in [1.82, 2.24) is 19.7 Å². The monoisotopic (exact) mass is 594 g/mol. The number of anilines is 1. The zero-order valence-electron chi connectivity index (χ0n) is 23.3. The Balaban J connectivity index is 1.41. The molecule has 0 radical (unpaired) electrons. The number of hydrogen-bond donors (Lipinski definition) is 2. The molecule has 2 aromatic heterocycles. The summed E-state index contributed by atoms with van der Waals surface area (Å²) in [6, 6.07) is 15.3. The Morgan fingerprint density at radius 1 is 1.31 bits per heavy atom. The molecule has 3 N–H and O–H groups in total. The number of benzene rings is 2. The molecule has 0 amide bonds. The predicted molar refractivity (Wildman–Crippen MR) is 155 cm³/mol. The highest BCUT2D eigenvalue weighted by Gasteiger charge is 2.48. The first kappa shape index (κ1) is 29.3. The van der Waals surface area contributed by atoms with Gasteiger partial charge in [-0.15, -0.1) is 0 Å². The Morgan fingerprint density at radius 3 is 2.88 bits per heavy atom. The summed E-state index contributed by atoms with van der Waals surface area (Å²) in [7, 11) is -4.19. The van der Waals surface area contributed by atoms with Gasteiger partial charge in [0.1, 0.15) is 29.7 Å². The van der Waals surface area contributed by atoms with Gasteiger partial charge in [0.15, 0.2) is 5.82 Å². The Labute approximate surface area is 241 Å². The van der Waals surface area contributed by atoms with Gasteiger partial charge in [-0.2, -0.15) is 10.2 Å². The number of fused-ring (bicyclic) bond motifs is 2. The maximum Gasteiger partial charge on any atom is 0.459 e. The van der Waals surface area contributed by atoms with E-state index in [0.29, 0.717) is 22.3 Å². The summed E-state index contributed by atoms with van der Waals surface area (Å²) in [6.45, 7) is 4.89. The van der Waals surface area contributed by atoms with Crippen molar-refractivity contribution in [2.45, 2.75) is 51.0 Å². The van der Waals surface area contributed by atoms with Crippen LogP contribution in [0.1, 0.15) is 39.0 Å². The van der Waals surface area contributed by atoms with Crippen LogP contribution in [0, 0.1) is 0 Å². The molecule has 4 aromatic rings. The highest BCUT2D eigenvalue weighted by atomic mass is 31.2. The van der Waals surface area contributed by atoms with Crippen LogP contribution >= 0.6 is 7.75 Å². The summed E-state index contributed by atoms with van der Waals surface area (Å²) in [5.74, 6) is -0.0219. The van der Waals surface area contributed by atoms with Gasteiger partial charge in [-0.25, -0.2) is 14.1 Å². The molecule has 2 aromatic carbocycles. The Morgan fingerprint density at radius 2 is 2.10 bits per heavy atom. The molecule has 42 heavy (non-hydrogen) atoms. The van der Waals surface area contributed by atoms with Crippen molar-refractivity contribution in [2.24, 2.45) is 5.11 Å². The highest BCUT2D eigenvalue weighted by molar-refractivity contribution is 7.52. The Kier molecular flexibility index (Phi) is 8.35. The smallest absolute Gasteiger partial charge is 0.459 e. The first-order chi connectivity index (χ1) is 20.2. The fourth-order valence-corrected chi connectivity index (χ4v) is 6.58. The summed E-state index contributed by atoms with van der Waals surface area (Å²) in [5, 5.41) is 12.6. The number of nitrogens with two attached hydrogens (primary N) is 1. The maximum absolute atomic E-state index is 14.2. The first-order valence-corrected chi connectivity index (χ1v) is 14.9. The molecule has 1 aliphatic rings. The van der Waals surface area contributed by atoms with Gasteiger partial charge < -0.3 is 19.7 Å². The third-order valence-corrected chi connectivity index (χ3v) is 8.61. The van der Waals surface area contributed by atoms with E-state index >= 15 is 0 Å². The van der Waals surface area contributed by atoms with Crippen molar-refractivity contribution in [3.8, 4) is 5.75 Å². The van der Waals surface area contributed by atoms with E-state index in [1.807, 2.05) is 30.3 Å². The van der Waals surface area contributed by atoms with Gasteiger partial charge >= 0.3 is 13.7 Å². The van der Waals surface area contributed by atoms with Crippen LogP contribution in [-0.2, 0) is 23.4 Å². The number of hydrogen-bond acceptors (Lipinski definition) is 10. The van der Waals surface area contributed by atoms with Gasteiger partial charge in [-0.3, -0.25) is 9.32 Å². The Hall–Kier alpha value is -4.19. The second kappa shape index (κ2) is 12.0. The molecule has 1 fully saturated rings. The lowest BCUT2D eigenvalue weighted by Gasteiger charge is -2.24. The summed E-state index contributed by atoms with van der Waals surface area (Å²) in [5.41, 5.74) is 15.5. The minimum absolute atomic E-state index is 0.153. The minimum Gasteiger partial charge on any atom is -0.465 e. The molecule has 220 valence electrons. The largest absolute Gasteiger partial charge is 0.465 e. The van der Waals surface area contributed by atoms with E-state index in [4.69, 9.17) is 24.3 Å². The number of nitrogens with zero attached hydrogens (tertiary/aromatic N) is 6. The van der Waals surface area contributed by atoms with Crippen LogP contribution in [0.2, 0.25) is 0 Å². The molecule has 14 nitrogen and oxygen atoms in total. The van der Waals surface area contributed by atoms with Gasteiger partial charge in [-0.1, -0.05) is 48.4 Å². The summed E-state index contributed by atoms with van der Waals surface area (Å²) in [6.07, 6.45) is 0.156. The van der Waals surface area contributed by atoms with Crippen molar-refractivity contribution in [1.29, 1.82) is 0 Å². The fourth-order valence-electron chi connectivity index (χ4n) is 5.04. The van der Waals surface area contributed by atoms with E-state index in [2.05, 4.69) is 25.2 Å². The maximum atomic E-state index is 14.2. The van der Waals surface area contributed by atoms with Crippen LogP contribution in [0.15, 0.2) is 66.0 Å². The molecule has 1 aliphatic heterocycles. The van der Waals surface area contributed by atoms with Gasteiger partial charge in [0.05, 0.1) is 30.6 Å². The van der Waals surface area contributed by atoms with E-state index in [-0.39, 0.29) is 25.5 Å². The van der Waals surface area contributed by atoms with Crippen molar-refractivity contribution < 1.29 is 27.9 Å². The van der Waals surface area contributed by atoms with Crippen molar-refractivity contribution in [2.75, 3.05) is 18.9 Å². The van der Waals surface area contributed by atoms with Gasteiger partial charge in [0, 0.05) is 10.3 Å². The SMILES string of the molecule is CCOC(=O)[C@H](C)NP(=O)(OC[C@@H]1C[C@@](C)(N=[N+]=[N-])[C@H](c2ccc3c(N)ncnn23)O1)Oc1cccc2ccccc12. The molecule has 5 rings (SSSR count). The lowest BCUT2D eigenvalue weighted by atomic mass is 9.91. The van der Waals surface area contributed by atoms with E-state index < -0.39 is 37.5 Å². The zero-order valence-corrected chi connectivity index (χ0v) is 24.2. The number of esters is 1. The zero-order chi connectivity index (χ0) is 29.9. The van der Waals surface area contributed by atoms with Crippen LogP contribution in [0.3, 0.4) is 0 Å². The van der Waals surface area contributed by atoms with Crippen LogP contribution in [0.4, 0.5) is 5.82 Å². The molecule has 15 heteroatoms. The normalized spacial score (nSPS) is 22.4. The highest BCUT2D eigenvalue weighted by Crippen LogP contribution is 2.49. The topological polar surface area (TPSA) is 188 Å². The molecule has 0 saturated carbocycles. The lowest BCUT2D eigenvalue weighted by Crippen LogP contribution is -2.35. The average Bonchev–Trinajstić information content (AvgIpc) is 3.54. The van der Waals surface area contributed by atoms with Crippen molar-refractivity contribution in [3.63, 3.8) is 0 Å². The predicted octanol–water partition coefficient (Wildman–Crippen LogP) is 5.11. The fraction of sp³-hybridized carbons (Fsp3) is 0.370. The lowest BCUT2D eigenvalue weighted by molar-refractivity contribution is -0.144. The molecule has 0 bridgehead atoms. The number of azide groups is 1. The van der Waals surface area contributed by atoms with Crippen molar-refractivity contribution in [3.05, 3.63) is 77.1 Å². The number of aromatic nitrogens is 3. The van der Waals surface area contributed by atoms with Gasteiger partial charge in [0.25, 0.3) is 0 Å². The summed E-state index contributed by atoms with van der Waals surface area (Å²) in [4.78, 5) is 19.5. The number of carbonyl (C=O) groups is 1. The molecule has 0 aliphatic carbocycles. The van der Waals surface area contributed by atoms with Crippen molar-refractivity contribution >= 4 is 35.8 Å².